The van der Waals surface area contributed by atoms with Crippen LogP contribution in [0.15, 0.2) is 0 Å². The largest absolute Gasteiger partial charge is 0.444 e. The molecule has 0 bridgehead atoms. The number of nitrogens with one attached hydrogen (secondary N) is 1. The number of rotatable bonds is 4. The molecule has 6 nitrogen and oxygen atoms in total. The lowest BCUT2D eigenvalue weighted by molar-refractivity contribution is -0.143. The monoisotopic (exact) mass is 274 g/mol. The van der Waals surface area contributed by atoms with Gasteiger partial charge in [0.1, 0.15) is 5.60 Å². The normalized spacial score (nSPS) is 24.0. The minimum Gasteiger partial charge on any atom is -0.444 e. The van der Waals surface area contributed by atoms with Crippen LogP contribution in [0.3, 0.4) is 0 Å². The zero-order valence-corrected chi connectivity index (χ0v) is 12.5. The number of carbonyl (C=O) groups excluding carboxylic acids is 1. The zero-order chi connectivity index (χ0) is 14.7. The van der Waals surface area contributed by atoms with E-state index in [0.717, 1.165) is 0 Å². The Morgan fingerprint density at radius 2 is 2.16 bits per heavy atom. The summed E-state index contributed by atoms with van der Waals surface area (Å²) in [5, 5.41) is 2.72. The maximum absolute atomic E-state index is 11.6. The first-order valence-corrected chi connectivity index (χ1v) is 6.61. The average molecular weight is 274 g/mol. The lowest BCUT2D eigenvalue weighted by Crippen LogP contribution is -2.42. The van der Waals surface area contributed by atoms with E-state index in [9.17, 15) is 4.79 Å². The van der Waals surface area contributed by atoms with E-state index in [1.165, 1.54) is 0 Å². The molecule has 1 fully saturated rings. The summed E-state index contributed by atoms with van der Waals surface area (Å²) in [4.78, 5) is 11.6. The van der Waals surface area contributed by atoms with Crippen molar-refractivity contribution in [1.29, 1.82) is 0 Å². The fraction of sp³-hybridized carbons (Fsp3) is 0.923. The SMILES string of the molecule is CC(C)(C)OC(=O)NCC(CN)C1COC(C)(C)O1. The van der Waals surface area contributed by atoms with E-state index in [0.29, 0.717) is 19.7 Å². The molecule has 1 heterocycles. The standard InChI is InChI=1S/C13H26N2O4/c1-12(2,3)19-11(16)15-7-9(6-14)10-8-17-13(4,5)18-10/h9-10H,6-8,14H2,1-5H3,(H,15,16). The summed E-state index contributed by atoms with van der Waals surface area (Å²) in [7, 11) is 0. The van der Waals surface area contributed by atoms with Gasteiger partial charge in [0.2, 0.25) is 0 Å². The molecule has 1 aliphatic rings. The molecule has 0 saturated carbocycles. The first kappa shape index (κ1) is 16.2. The lowest BCUT2D eigenvalue weighted by Gasteiger charge is -2.24. The van der Waals surface area contributed by atoms with Gasteiger partial charge in [-0.05, 0) is 41.2 Å². The van der Waals surface area contributed by atoms with Crippen LogP contribution in [0.5, 0.6) is 0 Å². The summed E-state index contributed by atoms with van der Waals surface area (Å²) in [6.45, 7) is 10.5. The molecular weight excluding hydrogens is 248 g/mol. The molecule has 0 aromatic heterocycles. The van der Waals surface area contributed by atoms with Gasteiger partial charge in [-0.25, -0.2) is 4.79 Å². The van der Waals surface area contributed by atoms with Crippen LogP contribution in [0.2, 0.25) is 0 Å². The third-order valence-corrected chi connectivity index (χ3v) is 2.77. The van der Waals surface area contributed by atoms with Gasteiger partial charge in [-0.2, -0.15) is 0 Å². The second-order valence-electron chi connectivity index (χ2n) is 6.25. The van der Waals surface area contributed by atoms with Crippen molar-refractivity contribution in [3.05, 3.63) is 0 Å². The smallest absolute Gasteiger partial charge is 0.407 e. The van der Waals surface area contributed by atoms with Crippen molar-refractivity contribution in [2.24, 2.45) is 11.7 Å². The summed E-state index contributed by atoms with van der Waals surface area (Å²) in [5.41, 5.74) is 5.22. The van der Waals surface area contributed by atoms with Crippen LogP contribution in [-0.2, 0) is 14.2 Å². The van der Waals surface area contributed by atoms with Crippen LogP contribution in [0.4, 0.5) is 4.79 Å². The molecule has 1 saturated heterocycles. The number of nitrogens with two attached hydrogens (primary N) is 1. The number of hydrogen-bond acceptors (Lipinski definition) is 5. The average Bonchev–Trinajstić information content (AvgIpc) is 2.57. The second-order valence-corrected chi connectivity index (χ2v) is 6.25. The number of carbonyl (C=O) groups is 1. The molecule has 0 aromatic carbocycles. The summed E-state index contributed by atoms with van der Waals surface area (Å²) in [6.07, 6.45) is -0.543. The van der Waals surface area contributed by atoms with Crippen LogP contribution < -0.4 is 11.1 Å². The summed E-state index contributed by atoms with van der Waals surface area (Å²) in [5.74, 6) is -0.571. The Morgan fingerprint density at radius 3 is 2.58 bits per heavy atom. The van der Waals surface area contributed by atoms with Crippen LogP contribution >= 0.6 is 0 Å². The molecule has 0 aliphatic carbocycles. The number of amides is 1. The van der Waals surface area contributed by atoms with E-state index >= 15 is 0 Å². The van der Waals surface area contributed by atoms with Gasteiger partial charge in [0.05, 0.1) is 12.7 Å². The van der Waals surface area contributed by atoms with E-state index in [1.54, 1.807) is 0 Å². The van der Waals surface area contributed by atoms with Crippen molar-refractivity contribution in [3.8, 4) is 0 Å². The quantitative estimate of drug-likeness (QED) is 0.806. The molecular formula is C13H26N2O4. The van der Waals surface area contributed by atoms with E-state index < -0.39 is 17.5 Å². The van der Waals surface area contributed by atoms with Crippen molar-refractivity contribution in [2.45, 2.75) is 52.1 Å². The van der Waals surface area contributed by atoms with Gasteiger partial charge in [0.25, 0.3) is 0 Å². The Bertz CT molecular complexity index is 312. The molecule has 2 unspecified atom stereocenters. The Labute approximate surface area is 115 Å². The zero-order valence-electron chi connectivity index (χ0n) is 12.5. The predicted octanol–water partition coefficient (Wildman–Crippen LogP) is 1.24. The highest BCUT2D eigenvalue weighted by Crippen LogP contribution is 2.26. The first-order chi connectivity index (χ1) is 8.63. The summed E-state index contributed by atoms with van der Waals surface area (Å²) >= 11 is 0. The van der Waals surface area contributed by atoms with Crippen LogP contribution in [0.25, 0.3) is 0 Å². The van der Waals surface area contributed by atoms with Gasteiger partial charge in [-0.3, -0.25) is 0 Å². The molecule has 3 N–H and O–H groups in total. The molecule has 1 amide bonds. The van der Waals surface area contributed by atoms with Crippen molar-refractivity contribution >= 4 is 6.09 Å². The Balaban J connectivity index is 2.39. The van der Waals surface area contributed by atoms with E-state index in [1.807, 2.05) is 34.6 Å². The molecule has 1 rings (SSSR count). The molecule has 6 heteroatoms. The van der Waals surface area contributed by atoms with Crippen molar-refractivity contribution in [2.75, 3.05) is 19.7 Å². The maximum atomic E-state index is 11.6. The van der Waals surface area contributed by atoms with Crippen molar-refractivity contribution < 1.29 is 19.0 Å². The van der Waals surface area contributed by atoms with Crippen LogP contribution in [0.1, 0.15) is 34.6 Å². The Morgan fingerprint density at radius 1 is 1.53 bits per heavy atom. The molecule has 19 heavy (non-hydrogen) atoms. The third kappa shape index (κ3) is 5.76. The van der Waals surface area contributed by atoms with Gasteiger partial charge in [0.15, 0.2) is 5.79 Å². The summed E-state index contributed by atoms with van der Waals surface area (Å²) in [6, 6.07) is 0. The molecule has 0 aromatic rings. The van der Waals surface area contributed by atoms with Crippen molar-refractivity contribution in [3.63, 3.8) is 0 Å². The van der Waals surface area contributed by atoms with Gasteiger partial charge in [-0.15, -0.1) is 0 Å². The highest BCUT2D eigenvalue weighted by atomic mass is 16.7. The first-order valence-electron chi connectivity index (χ1n) is 6.61. The van der Waals surface area contributed by atoms with E-state index in [-0.39, 0.29) is 12.0 Å². The fourth-order valence-electron chi connectivity index (χ4n) is 1.84. The summed E-state index contributed by atoms with van der Waals surface area (Å²) < 4.78 is 16.4. The molecule has 2 atom stereocenters. The lowest BCUT2D eigenvalue weighted by atomic mass is 10.0. The number of hydrogen-bond donors (Lipinski definition) is 2. The van der Waals surface area contributed by atoms with Crippen LogP contribution in [0, 0.1) is 5.92 Å². The fourth-order valence-corrected chi connectivity index (χ4v) is 1.84. The molecule has 0 radical (unpaired) electrons. The predicted molar refractivity (Wildman–Crippen MR) is 71.7 cm³/mol. The minimum absolute atomic E-state index is 0.00860. The maximum Gasteiger partial charge on any atom is 0.407 e. The highest BCUT2D eigenvalue weighted by molar-refractivity contribution is 5.67. The van der Waals surface area contributed by atoms with Gasteiger partial charge < -0.3 is 25.3 Å². The molecule has 112 valence electrons. The van der Waals surface area contributed by atoms with E-state index in [2.05, 4.69) is 5.32 Å². The highest BCUT2D eigenvalue weighted by Gasteiger charge is 2.37. The van der Waals surface area contributed by atoms with Gasteiger partial charge >= 0.3 is 6.09 Å². The number of ether oxygens (including phenoxy) is 3. The third-order valence-electron chi connectivity index (χ3n) is 2.77. The Hall–Kier alpha value is -0.850. The second kappa shape index (κ2) is 6.07. The number of alkyl carbamates (subject to hydrolysis) is 1. The van der Waals surface area contributed by atoms with Crippen molar-refractivity contribution in [1.82, 2.24) is 5.32 Å². The molecule has 1 aliphatic heterocycles. The minimum atomic E-state index is -0.579. The van der Waals surface area contributed by atoms with E-state index in [4.69, 9.17) is 19.9 Å². The van der Waals surface area contributed by atoms with Gasteiger partial charge in [0, 0.05) is 12.5 Å². The Kier molecular flexibility index (Phi) is 5.18. The van der Waals surface area contributed by atoms with Crippen LogP contribution in [-0.4, -0.2) is 43.3 Å². The molecule has 0 spiro atoms. The van der Waals surface area contributed by atoms with Gasteiger partial charge in [-0.1, -0.05) is 0 Å². The topological polar surface area (TPSA) is 82.8 Å².